The van der Waals surface area contributed by atoms with E-state index in [0.717, 1.165) is 12.4 Å². The Kier molecular flexibility index (Phi) is 4.71. The van der Waals surface area contributed by atoms with E-state index in [0.29, 0.717) is 0 Å². The molecule has 8 heteroatoms. The van der Waals surface area contributed by atoms with Crippen molar-refractivity contribution in [3.05, 3.63) is 18.0 Å². The van der Waals surface area contributed by atoms with Crippen molar-refractivity contribution in [1.29, 1.82) is 0 Å². The first-order chi connectivity index (χ1) is 8.69. The summed E-state index contributed by atoms with van der Waals surface area (Å²) in [6.45, 7) is 5.12. The van der Waals surface area contributed by atoms with Crippen molar-refractivity contribution >= 4 is 12.0 Å². The number of alkyl halides is 2. The van der Waals surface area contributed by atoms with Crippen LogP contribution in [0.4, 0.5) is 19.5 Å². The molecule has 0 spiro atoms. The summed E-state index contributed by atoms with van der Waals surface area (Å²) >= 11 is 0. The summed E-state index contributed by atoms with van der Waals surface area (Å²) < 4.78 is 29.7. The van der Waals surface area contributed by atoms with E-state index >= 15 is 0 Å². The molecule has 0 aliphatic heterocycles. The molecule has 0 aliphatic rings. The van der Waals surface area contributed by atoms with Gasteiger partial charge in [0.25, 0.3) is 6.43 Å². The topological polar surface area (TPSA) is 90.1 Å². The molecule has 1 atom stereocenters. The Morgan fingerprint density at radius 2 is 1.89 bits per heavy atom. The van der Waals surface area contributed by atoms with Crippen molar-refractivity contribution in [3.63, 3.8) is 0 Å². The zero-order valence-electron chi connectivity index (χ0n) is 10.9. The molecular weight excluding hydrogens is 258 g/mol. The number of hydrogen-bond acceptors (Lipinski definition) is 5. The SMILES string of the molecule is CC(C)(C)OC(=O)Nc1ncc(C(N)C(F)F)cn1. The van der Waals surface area contributed by atoms with Crippen molar-refractivity contribution in [2.24, 2.45) is 5.73 Å². The standard InChI is InChI=1S/C11H16F2N4O2/c1-11(2,3)19-10(18)17-9-15-4-6(5-16-9)7(14)8(12)13/h4-5,7-8H,14H2,1-3H3,(H,15,16,17,18). The molecule has 0 bridgehead atoms. The number of rotatable bonds is 3. The minimum Gasteiger partial charge on any atom is -0.444 e. The van der Waals surface area contributed by atoms with Gasteiger partial charge in [-0.05, 0) is 20.8 Å². The Hall–Kier alpha value is -1.83. The highest BCUT2D eigenvalue weighted by Crippen LogP contribution is 2.16. The predicted octanol–water partition coefficient (Wildman–Crippen LogP) is 2.09. The number of anilines is 1. The smallest absolute Gasteiger partial charge is 0.414 e. The van der Waals surface area contributed by atoms with Gasteiger partial charge in [0.15, 0.2) is 0 Å². The zero-order chi connectivity index (χ0) is 14.6. The Bertz CT molecular complexity index is 431. The number of halogens is 2. The lowest BCUT2D eigenvalue weighted by atomic mass is 10.2. The second-order valence-electron chi connectivity index (χ2n) is 4.83. The molecule has 1 rings (SSSR count). The second kappa shape index (κ2) is 5.87. The van der Waals surface area contributed by atoms with Crippen molar-refractivity contribution in [2.45, 2.75) is 38.8 Å². The van der Waals surface area contributed by atoms with Crippen molar-refractivity contribution in [2.75, 3.05) is 5.32 Å². The monoisotopic (exact) mass is 274 g/mol. The summed E-state index contributed by atoms with van der Waals surface area (Å²) in [6.07, 6.45) is -1.15. The third-order valence-corrected chi connectivity index (χ3v) is 1.94. The van der Waals surface area contributed by atoms with E-state index in [1.165, 1.54) is 0 Å². The van der Waals surface area contributed by atoms with E-state index in [9.17, 15) is 13.6 Å². The number of nitrogens with zero attached hydrogens (tertiary/aromatic N) is 2. The molecule has 0 saturated heterocycles. The first kappa shape index (κ1) is 15.2. The lowest BCUT2D eigenvalue weighted by Gasteiger charge is -2.19. The van der Waals surface area contributed by atoms with Gasteiger partial charge in [-0.25, -0.2) is 23.5 Å². The van der Waals surface area contributed by atoms with Gasteiger partial charge in [-0.3, -0.25) is 5.32 Å². The molecule has 0 aromatic carbocycles. The molecule has 0 aliphatic carbocycles. The van der Waals surface area contributed by atoms with Gasteiger partial charge in [0.2, 0.25) is 5.95 Å². The fourth-order valence-corrected chi connectivity index (χ4v) is 1.12. The molecule has 0 saturated carbocycles. The van der Waals surface area contributed by atoms with Crippen LogP contribution >= 0.6 is 0 Å². The van der Waals surface area contributed by atoms with Crippen LogP contribution in [0.1, 0.15) is 32.4 Å². The summed E-state index contributed by atoms with van der Waals surface area (Å²) in [5, 5.41) is 2.28. The average Bonchev–Trinajstić information content (AvgIpc) is 2.26. The number of nitrogens with two attached hydrogens (primary N) is 1. The van der Waals surface area contributed by atoms with E-state index in [-0.39, 0.29) is 11.5 Å². The van der Waals surface area contributed by atoms with Gasteiger partial charge >= 0.3 is 6.09 Å². The van der Waals surface area contributed by atoms with Gasteiger partial charge in [-0.1, -0.05) is 0 Å². The molecule has 0 radical (unpaired) electrons. The Morgan fingerprint density at radius 3 is 2.32 bits per heavy atom. The highest BCUT2D eigenvalue weighted by Gasteiger charge is 2.19. The molecule has 1 amide bonds. The van der Waals surface area contributed by atoms with Gasteiger partial charge < -0.3 is 10.5 Å². The molecule has 1 aromatic rings. The van der Waals surface area contributed by atoms with E-state index in [2.05, 4.69) is 15.3 Å². The van der Waals surface area contributed by atoms with Gasteiger partial charge in [-0.2, -0.15) is 0 Å². The molecule has 6 nitrogen and oxygen atoms in total. The van der Waals surface area contributed by atoms with E-state index in [4.69, 9.17) is 10.5 Å². The fourth-order valence-electron chi connectivity index (χ4n) is 1.12. The summed E-state index contributed by atoms with van der Waals surface area (Å²) in [6, 6.07) is -1.45. The van der Waals surface area contributed by atoms with Crippen molar-refractivity contribution in [3.8, 4) is 0 Å². The Labute approximate surface area is 109 Å². The quantitative estimate of drug-likeness (QED) is 0.880. The third-order valence-electron chi connectivity index (χ3n) is 1.94. The molecule has 106 valence electrons. The minimum absolute atomic E-state index is 0.0422. The normalized spacial score (nSPS) is 13.2. The number of carbonyl (C=O) groups is 1. The Balaban J connectivity index is 2.65. The van der Waals surface area contributed by atoms with Crippen LogP contribution in [-0.4, -0.2) is 28.1 Å². The van der Waals surface area contributed by atoms with Gasteiger partial charge in [-0.15, -0.1) is 0 Å². The van der Waals surface area contributed by atoms with Crippen LogP contribution in [-0.2, 0) is 4.74 Å². The van der Waals surface area contributed by atoms with Crippen molar-refractivity contribution in [1.82, 2.24) is 9.97 Å². The number of ether oxygens (including phenoxy) is 1. The predicted molar refractivity (Wildman–Crippen MR) is 64.8 cm³/mol. The number of nitrogens with one attached hydrogen (secondary N) is 1. The van der Waals surface area contributed by atoms with Crippen LogP contribution in [0.2, 0.25) is 0 Å². The van der Waals surface area contributed by atoms with Crippen LogP contribution in [0.3, 0.4) is 0 Å². The molecule has 1 aromatic heterocycles. The first-order valence-corrected chi connectivity index (χ1v) is 5.55. The highest BCUT2D eigenvalue weighted by atomic mass is 19.3. The van der Waals surface area contributed by atoms with Crippen molar-refractivity contribution < 1.29 is 18.3 Å². The lowest BCUT2D eigenvalue weighted by molar-refractivity contribution is 0.0634. The largest absolute Gasteiger partial charge is 0.444 e. The fraction of sp³-hybridized carbons (Fsp3) is 0.545. The summed E-state index contributed by atoms with van der Waals surface area (Å²) in [7, 11) is 0. The summed E-state index contributed by atoms with van der Waals surface area (Å²) in [4.78, 5) is 18.8. The van der Waals surface area contributed by atoms with Gasteiger partial charge in [0.1, 0.15) is 5.60 Å². The summed E-state index contributed by atoms with van der Waals surface area (Å²) in [5.41, 5.74) is 4.67. The van der Waals surface area contributed by atoms with Crippen LogP contribution in [0.15, 0.2) is 12.4 Å². The molecule has 19 heavy (non-hydrogen) atoms. The van der Waals surface area contributed by atoms with E-state index < -0.39 is 24.2 Å². The van der Waals surface area contributed by atoms with Crippen LogP contribution in [0, 0.1) is 0 Å². The Morgan fingerprint density at radius 1 is 1.37 bits per heavy atom. The second-order valence-corrected chi connectivity index (χ2v) is 4.83. The number of carbonyl (C=O) groups excluding carboxylic acids is 1. The minimum atomic E-state index is -2.70. The maximum absolute atomic E-state index is 12.3. The zero-order valence-corrected chi connectivity index (χ0v) is 10.9. The molecule has 1 unspecified atom stereocenters. The number of amides is 1. The van der Waals surface area contributed by atoms with Crippen LogP contribution < -0.4 is 11.1 Å². The first-order valence-electron chi connectivity index (χ1n) is 5.55. The highest BCUT2D eigenvalue weighted by molar-refractivity contribution is 5.82. The van der Waals surface area contributed by atoms with Crippen LogP contribution in [0.25, 0.3) is 0 Å². The maximum Gasteiger partial charge on any atom is 0.414 e. The van der Waals surface area contributed by atoms with Gasteiger partial charge in [0.05, 0.1) is 6.04 Å². The molecule has 0 fully saturated rings. The average molecular weight is 274 g/mol. The number of aromatic nitrogens is 2. The third kappa shape index (κ3) is 5.12. The summed E-state index contributed by atoms with van der Waals surface area (Å²) in [5.74, 6) is -0.0422. The lowest BCUT2D eigenvalue weighted by Crippen LogP contribution is -2.28. The van der Waals surface area contributed by atoms with Crippen LogP contribution in [0.5, 0.6) is 0 Å². The molecular formula is C11H16F2N4O2. The number of hydrogen-bond donors (Lipinski definition) is 2. The van der Waals surface area contributed by atoms with E-state index in [1.807, 2.05) is 0 Å². The maximum atomic E-state index is 12.3. The van der Waals surface area contributed by atoms with Gasteiger partial charge in [0, 0.05) is 18.0 Å². The molecule has 1 heterocycles. The molecule has 3 N–H and O–H groups in total. The van der Waals surface area contributed by atoms with E-state index in [1.54, 1.807) is 20.8 Å².